The van der Waals surface area contributed by atoms with Crippen LogP contribution in [0.5, 0.6) is 0 Å². The Balaban J connectivity index is 2.30. The smallest absolute Gasteiger partial charge is 0.214 e. The fourth-order valence-electron chi connectivity index (χ4n) is 3.75. The Morgan fingerprint density at radius 2 is 1.62 bits per heavy atom. The molecule has 1 aliphatic carbocycles. The average Bonchev–Trinajstić information content (AvgIpc) is 2.79. The number of aryl methyl sites for hydroxylation is 1. The van der Waals surface area contributed by atoms with Crippen molar-refractivity contribution in [2.45, 2.75) is 56.1 Å². The largest absolute Gasteiger partial charge is 0.393 e. The summed E-state index contributed by atoms with van der Waals surface area (Å²) >= 11 is 6.24. The van der Waals surface area contributed by atoms with Gasteiger partial charge in [-0.25, -0.2) is 0 Å². The van der Waals surface area contributed by atoms with Gasteiger partial charge >= 0.3 is 0 Å². The first-order chi connectivity index (χ1) is 14.8. The summed E-state index contributed by atoms with van der Waals surface area (Å²) in [6, 6.07) is 6.69. The molecule has 6 atom stereocenters. The molecule has 0 spiro atoms. The topological polar surface area (TPSA) is 162 Å². The summed E-state index contributed by atoms with van der Waals surface area (Å²) in [5.41, 5.74) is -1.23. The number of hydrogen-bond acceptors (Lipinski definition) is 8. The van der Waals surface area contributed by atoms with Gasteiger partial charge in [-0.05, 0) is 30.6 Å². The highest BCUT2D eigenvalue weighted by Crippen LogP contribution is 2.38. The van der Waals surface area contributed by atoms with Gasteiger partial charge in [0.1, 0.15) is 17.8 Å². The van der Waals surface area contributed by atoms with E-state index in [0.717, 1.165) is 12.0 Å². The van der Waals surface area contributed by atoms with E-state index in [9.17, 15) is 40.9 Å². The zero-order valence-electron chi connectivity index (χ0n) is 17.9. The number of halogens is 1. The van der Waals surface area contributed by atoms with Gasteiger partial charge in [0.05, 0.1) is 18.8 Å². The van der Waals surface area contributed by atoms with Crippen LogP contribution < -0.4 is 0 Å². The standard InChI is InChI=1S/C23H31ClO8/c1-4-14-6-8-15(9-7-14)23(31,32)13(3)16(24)10-5-12(2)17-18(26)19(27)21(29)22(30,11-25)20(17)28/h5-10,17-21,25-32H,2,4,11H2,1,3H3. The van der Waals surface area contributed by atoms with Crippen LogP contribution in [0.15, 0.2) is 59.2 Å². The maximum Gasteiger partial charge on any atom is 0.214 e. The van der Waals surface area contributed by atoms with E-state index >= 15 is 0 Å². The number of allylic oxidation sites excluding steroid dienone is 3. The second-order valence-corrected chi connectivity index (χ2v) is 8.56. The summed E-state index contributed by atoms with van der Waals surface area (Å²) < 4.78 is 0. The first kappa shape index (κ1) is 26.7. The zero-order chi connectivity index (χ0) is 24.4. The fourth-order valence-corrected chi connectivity index (χ4v) is 3.94. The molecule has 8 nitrogen and oxygen atoms in total. The minimum absolute atomic E-state index is 0.000439. The van der Waals surface area contributed by atoms with Crippen LogP contribution in [0.2, 0.25) is 0 Å². The predicted octanol–water partition coefficient (Wildman–Crippen LogP) is -0.192. The molecule has 1 aliphatic rings. The van der Waals surface area contributed by atoms with E-state index in [1.807, 2.05) is 6.92 Å². The quantitative estimate of drug-likeness (QED) is 0.201. The van der Waals surface area contributed by atoms with Crippen molar-refractivity contribution in [2.24, 2.45) is 5.92 Å². The molecule has 0 saturated heterocycles. The highest BCUT2D eigenvalue weighted by atomic mass is 35.5. The Labute approximate surface area is 191 Å². The van der Waals surface area contributed by atoms with Crippen molar-refractivity contribution < 1.29 is 40.9 Å². The SMILES string of the molecule is C=C(C=CC(Cl)=C(C)C(O)(O)c1ccc(CC)cc1)C1C(O)C(O)C(O)C(O)(CO)C1O. The van der Waals surface area contributed by atoms with Gasteiger partial charge in [0, 0.05) is 22.1 Å². The van der Waals surface area contributed by atoms with Crippen LogP contribution in [0.3, 0.4) is 0 Å². The van der Waals surface area contributed by atoms with E-state index in [-0.39, 0.29) is 21.7 Å². The second kappa shape index (κ2) is 10.1. The molecule has 178 valence electrons. The van der Waals surface area contributed by atoms with Crippen molar-refractivity contribution in [3.05, 3.63) is 70.3 Å². The molecule has 0 radical (unpaired) electrons. The highest BCUT2D eigenvalue weighted by Gasteiger charge is 2.57. The Morgan fingerprint density at radius 1 is 1.06 bits per heavy atom. The second-order valence-electron chi connectivity index (χ2n) is 8.15. The number of hydrogen-bond donors (Lipinski definition) is 8. The van der Waals surface area contributed by atoms with E-state index in [2.05, 4.69) is 6.58 Å². The van der Waals surface area contributed by atoms with Gasteiger partial charge in [0.15, 0.2) is 0 Å². The van der Waals surface area contributed by atoms with Crippen molar-refractivity contribution in [2.75, 3.05) is 6.61 Å². The van der Waals surface area contributed by atoms with Crippen LogP contribution in [0.25, 0.3) is 0 Å². The predicted molar refractivity (Wildman–Crippen MR) is 118 cm³/mol. The Morgan fingerprint density at radius 3 is 2.12 bits per heavy atom. The maximum atomic E-state index is 10.6. The normalized spacial score (nSPS) is 32.2. The van der Waals surface area contributed by atoms with E-state index < -0.39 is 48.3 Å². The molecular weight excluding hydrogens is 440 g/mol. The molecule has 0 amide bonds. The van der Waals surface area contributed by atoms with Crippen molar-refractivity contribution in [3.8, 4) is 0 Å². The van der Waals surface area contributed by atoms with Crippen LogP contribution in [-0.4, -0.2) is 77.5 Å². The Kier molecular flexibility index (Phi) is 8.44. The van der Waals surface area contributed by atoms with E-state index in [0.29, 0.717) is 0 Å². The number of aliphatic hydroxyl groups is 8. The molecule has 1 saturated carbocycles. The molecule has 0 bridgehead atoms. The lowest BCUT2D eigenvalue weighted by molar-refractivity contribution is -0.257. The molecule has 1 aromatic carbocycles. The third-order valence-corrected chi connectivity index (χ3v) is 6.59. The molecule has 6 unspecified atom stereocenters. The molecule has 1 aromatic rings. The summed E-state index contributed by atoms with van der Waals surface area (Å²) in [7, 11) is 0. The van der Waals surface area contributed by atoms with Gasteiger partial charge in [-0.2, -0.15) is 0 Å². The molecule has 1 fully saturated rings. The summed E-state index contributed by atoms with van der Waals surface area (Å²) in [4.78, 5) is 0. The van der Waals surface area contributed by atoms with Crippen LogP contribution in [0.1, 0.15) is 25.0 Å². The average molecular weight is 471 g/mol. The van der Waals surface area contributed by atoms with Gasteiger partial charge < -0.3 is 40.9 Å². The van der Waals surface area contributed by atoms with Crippen LogP contribution in [-0.2, 0) is 12.2 Å². The van der Waals surface area contributed by atoms with Gasteiger partial charge in [0.2, 0.25) is 5.79 Å². The molecule has 2 rings (SSSR count). The molecule has 32 heavy (non-hydrogen) atoms. The summed E-state index contributed by atoms with van der Waals surface area (Å²) in [5, 5.41) is 81.7. The van der Waals surface area contributed by atoms with Crippen LogP contribution in [0.4, 0.5) is 0 Å². The lowest BCUT2D eigenvalue weighted by Gasteiger charge is -2.49. The first-order valence-electron chi connectivity index (χ1n) is 10.2. The summed E-state index contributed by atoms with van der Waals surface area (Å²) in [5.74, 6) is -3.71. The third kappa shape index (κ3) is 4.84. The van der Waals surface area contributed by atoms with E-state index in [1.165, 1.54) is 19.1 Å². The van der Waals surface area contributed by atoms with Crippen LogP contribution in [0, 0.1) is 5.92 Å². The van der Waals surface area contributed by atoms with Gasteiger partial charge in [-0.1, -0.05) is 55.4 Å². The molecular formula is C23H31ClO8. The lowest BCUT2D eigenvalue weighted by atomic mass is 9.68. The minimum Gasteiger partial charge on any atom is -0.393 e. The highest BCUT2D eigenvalue weighted by molar-refractivity contribution is 6.31. The van der Waals surface area contributed by atoms with Gasteiger partial charge in [0.25, 0.3) is 0 Å². The number of rotatable bonds is 7. The molecule has 0 aromatic heterocycles. The van der Waals surface area contributed by atoms with Crippen molar-refractivity contribution >= 4 is 11.6 Å². The fraction of sp³-hybridized carbons (Fsp3) is 0.478. The Hall–Kier alpha value is -1.59. The monoisotopic (exact) mass is 470 g/mol. The number of benzene rings is 1. The molecule has 8 N–H and O–H groups in total. The molecule has 0 aliphatic heterocycles. The Bertz CT molecular complexity index is 878. The lowest BCUT2D eigenvalue weighted by Crippen LogP contribution is -2.70. The van der Waals surface area contributed by atoms with Crippen molar-refractivity contribution in [3.63, 3.8) is 0 Å². The zero-order valence-corrected chi connectivity index (χ0v) is 18.7. The van der Waals surface area contributed by atoms with Gasteiger partial charge in [-0.15, -0.1) is 0 Å². The first-order valence-corrected chi connectivity index (χ1v) is 10.5. The molecule has 9 heteroatoms. The van der Waals surface area contributed by atoms with Crippen molar-refractivity contribution in [1.29, 1.82) is 0 Å². The number of aliphatic hydroxyl groups excluding tert-OH is 5. The van der Waals surface area contributed by atoms with E-state index in [1.54, 1.807) is 24.3 Å². The third-order valence-electron chi connectivity index (χ3n) is 6.18. The van der Waals surface area contributed by atoms with Crippen molar-refractivity contribution in [1.82, 2.24) is 0 Å². The maximum absolute atomic E-state index is 10.6. The van der Waals surface area contributed by atoms with Gasteiger partial charge in [-0.3, -0.25) is 0 Å². The summed E-state index contributed by atoms with van der Waals surface area (Å²) in [6.07, 6.45) is -4.07. The summed E-state index contributed by atoms with van der Waals surface area (Å²) in [6.45, 7) is 6.03. The van der Waals surface area contributed by atoms with Crippen LogP contribution >= 0.6 is 11.6 Å². The minimum atomic E-state index is -2.48. The molecule has 0 heterocycles. The van der Waals surface area contributed by atoms with E-state index in [4.69, 9.17) is 11.6 Å².